The van der Waals surface area contributed by atoms with Gasteiger partial charge in [-0.3, -0.25) is 14.4 Å². The molecule has 6 N–H and O–H groups in total. The molecule has 0 aromatic heterocycles. The second-order valence-electron chi connectivity index (χ2n) is 10.6. The second-order valence-corrected chi connectivity index (χ2v) is 10.6. The van der Waals surface area contributed by atoms with Crippen molar-refractivity contribution in [2.75, 3.05) is 0 Å². The van der Waals surface area contributed by atoms with Crippen LogP contribution in [0.3, 0.4) is 0 Å². The average Bonchev–Trinajstić information content (AvgIpc) is 3.50. The van der Waals surface area contributed by atoms with Crippen LogP contribution in [0.2, 0.25) is 0 Å². The van der Waals surface area contributed by atoms with Gasteiger partial charge in [-0.2, -0.15) is 0 Å². The van der Waals surface area contributed by atoms with Gasteiger partial charge in [0.25, 0.3) is 5.91 Å². The highest BCUT2D eigenvalue weighted by molar-refractivity contribution is 5.88. The van der Waals surface area contributed by atoms with Crippen molar-refractivity contribution < 1.29 is 29.4 Å². The maximum Gasteiger partial charge on any atom is 0.405 e. The van der Waals surface area contributed by atoms with E-state index >= 15 is 0 Å². The highest BCUT2D eigenvalue weighted by Gasteiger charge is 2.42. The van der Waals surface area contributed by atoms with Gasteiger partial charge in [0.2, 0.25) is 11.8 Å². The molecule has 0 radical (unpaired) electrons. The van der Waals surface area contributed by atoms with E-state index in [1.54, 1.807) is 0 Å². The number of carbonyl (C=O) groups excluding carboxylic acids is 3. The summed E-state index contributed by atoms with van der Waals surface area (Å²) in [6.07, 6.45) is 4.96. The molecule has 4 amide bonds. The van der Waals surface area contributed by atoms with E-state index in [-0.39, 0.29) is 24.3 Å². The lowest BCUT2D eigenvalue weighted by Crippen LogP contribution is -2.56. The van der Waals surface area contributed by atoms with Crippen molar-refractivity contribution in [3.8, 4) is 0 Å². The summed E-state index contributed by atoms with van der Waals surface area (Å²) in [5.41, 5.74) is -0.411. The van der Waals surface area contributed by atoms with E-state index in [0.29, 0.717) is 12.8 Å². The van der Waals surface area contributed by atoms with E-state index in [4.69, 9.17) is 0 Å². The topological polar surface area (TPSA) is 157 Å². The first kappa shape index (κ1) is 25.3. The van der Waals surface area contributed by atoms with Crippen molar-refractivity contribution in [1.82, 2.24) is 21.3 Å². The number of carboxylic acid groups (broad SMARTS) is 1. The molecule has 0 aromatic rings. The van der Waals surface area contributed by atoms with Crippen LogP contribution in [0.5, 0.6) is 0 Å². The molecule has 10 nitrogen and oxygen atoms in total. The van der Waals surface area contributed by atoms with Gasteiger partial charge < -0.3 is 31.5 Å². The highest BCUT2D eigenvalue weighted by Crippen LogP contribution is 2.30. The molecular weight excluding hydrogens is 428 g/mol. The lowest BCUT2D eigenvalue weighted by molar-refractivity contribution is -0.134. The summed E-state index contributed by atoms with van der Waals surface area (Å²) in [6.45, 7) is 3.79. The zero-order valence-electron chi connectivity index (χ0n) is 19.6. The van der Waals surface area contributed by atoms with Crippen molar-refractivity contribution in [2.24, 2.45) is 11.8 Å². The second kappa shape index (κ2) is 10.7. The number of carbonyl (C=O) groups is 4. The van der Waals surface area contributed by atoms with E-state index in [0.717, 1.165) is 44.9 Å². The molecule has 1 saturated heterocycles. The standard InChI is InChI=1S/C23H38N4O6/c1-23(2)12-14(19(29)27-23)11-16(18(28)21(31)24-15-8-9-15)25-20(30)17(26-22(32)33)10-13-6-4-3-5-7-13/h13-18,26,28H,3-12H2,1-2H3,(H,24,31)(H,25,30)(H,27,29)(H,32,33). The average molecular weight is 467 g/mol. The van der Waals surface area contributed by atoms with Crippen LogP contribution in [0.1, 0.15) is 78.1 Å². The van der Waals surface area contributed by atoms with E-state index < -0.39 is 47.6 Å². The molecule has 4 atom stereocenters. The summed E-state index contributed by atoms with van der Waals surface area (Å²) < 4.78 is 0. The maximum absolute atomic E-state index is 13.1. The number of aliphatic hydroxyl groups excluding tert-OH is 1. The summed E-state index contributed by atoms with van der Waals surface area (Å²) in [7, 11) is 0. The first-order chi connectivity index (χ1) is 15.5. The largest absolute Gasteiger partial charge is 0.465 e. The first-order valence-corrected chi connectivity index (χ1v) is 12.1. The third-order valence-corrected chi connectivity index (χ3v) is 6.94. The maximum atomic E-state index is 13.1. The predicted molar refractivity (Wildman–Crippen MR) is 120 cm³/mol. The van der Waals surface area contributed by atoms with Gasteiger partial charge in [-0.15, -0.1) is 0 Å². The van der Waals surface area contributed by atoms with Gasteiger partial charge in [-0.05, 0) is 51.9 Å². The number of amides is 4. The SMILES string of the molecule is CC1(C)CC(CC(NC(=O)C(CC2CCCCC2)NC(=O)O)C(O)C(=O)NC2CC2)C(=O)N1. The van der Waals surface area contributed by atoms with Crippen LogP contribution in [-0.2, 0) is 14.4 Å². The predicted octanol–water partition coefficient (Wildman–Crippen LogP) is 1.02. The molecular formula is C23H38N4O6. The Bertz CT molecular complexity index is 747. The Labute approximate surface area is 194 Å². The highest BCUT2D eigenvalue weighted by atomic mass is 16.4. The van der Waals surface area contributed by atoms with E-state index in [1.165, 1.54) is 0 Å². The van der Waals surface area contributed by atoms with Crippen molar-refractivity contribution in [1.29, 1.82) is 0 Å². The fraction of sp³-hybridized carbons (Fsp3) is 0.826. The molecule has 2 saturated carbocycles. The summed E-state index contributed by atoms with van der Waals surface area (Å²) in [5.74, 6) is -1.59. The molecule has 186 valence electrons. The number of hydrogen-bond donors (Lipinski definition) is 6. The molecule has 1 aliphatic heterocycles. The van der Waals surface area contributed by atoms with Crippen molar-refractivity contribution in [3.05, 3.63) is 0 Å². The zero-order chi connectivity index (χ0) is 24.2. The molecule has 3 fully saturated rings. The fourth-order valence-electron chi connectivity index (χ4n) is 5.08. The summed E-state index contributed by atoms with van der Waals surface area (Å²) in [6, 6.07) is -1.96. The summed E-state index contributed by atoms with van der Waals surface area (Å²) in [4.78, 5) is 49.5. The Morgan fingerprint density at radius 3 is 2.24 bits per heavy atom. The number of aliphatic hydroxyl groups is 1. The van der Waals surface area contributed by atoms with Crippen molar-refractivity contribution in [2.45, 2.75) is 108 Å². The van der Waals surface area contributed by atoms with Crippen LogP contribution in [0.4, 0.5) is 4.79 Å². The molecule has 0 spiro atoms. The monoisotopic (exact) mass is 466 g/mol. The zero-order valence-corrected chi connectivity index (χ0v) is 19.6. The minimum absolute atomic E-state index is 0.0324. The molecule has 3 rings (SSSR count). The van der Waals surface area contributed by atoms with Gasteiger partial charge >= 0.3 is 6.09 Å². The smallest absolute Gasteiger partial charge is 0.405 e. The van der Waals surface area contributed by atoms with Crippen molar-refractivity contribution in [3.63, 3.8) is 0 Å². The van der Waals surface area contributed by atoms with Gasteiger partial charge in [-0.1, -0.05) is 32.1 Å². The first-order valence-electron chi connectivity index (χ1n) is 12.1. The summed E-state index contributed by atoms with van der Waals surface area (Å²) >= 11 is 0. The van der Waals surface area contributed by atoms with Crippen LogP contribution in [0, 0.1) is 11.8 Å². The fourth-order valence-corrected chi connectivity index (χ4v) is 5.08. The molecule has 4 unspecified atom stereocenters. The molecule has 2 aliphatic carbocycles. The lowest BCUT2D eigenvalue weighted by Gasteiger charge is -2.30. The van der Waals surface area contributed by atoms with Crippen LogP contribution < -0.4 is 21.3 Å². The number of rotatable bonds is 10. The van der Waals surface area contributed by atoms with Crippen molar-refractivity contribution >= 4 is 23.8 Å². The Balaban J connectivity index is 1.71. The molecule has 0 bridgehead atoms. The molecule has 3 aliphatic rings. The van der Waals surface area contributed by atoms with Gasteiger partial charge in [0.15, 0.2) is 6.10 Å². The van der Waals surface area contributed by atoms with Gasteiger partial charge in [0.05, 0.1) is 6.04 Å². The lowest BCUT2D eigenvalue weighted by atomic mass is 9.84. The quantitative estimate of drug-likeness (QED) is 0.282. The number of nitrogens with one attached hydrogen (secondary N) is 4. The molecule has 33 heavy (non-hydrogen) atoms. The third kappa shape index (κ3) is 7.58. The van der Waals surface area contributed by atoms with Crippen LogP contribution >= 0.6 is 0 Å². The van der Waals surface area contributed by atoms with E-state index in [9.17, 15) is 29.4 Å². The third-order valence-electron chi connectivity index (χ3n) is 6.94. The minimum atomic E-state index is -1.54. The Hall–Kier alpha value is -2.36. The molecule has 0 aromatic carbocycles. The normalized spacial score (nSPS) is 25.4. The van der Waals surface area contributed by atoms with Crippen LogP contribution in [0.25, 0.3) is 0 Å². The Kier molecular flexibility index (Phi) is 8.20. The minimum Gasteiger partial charge on any atom is -0.465 e. The van der Waals surface area contributed by atoms with Gasteiger partial charge in [-0.25, -0.2) is 4.79 Å². The molecule has 1 heterocycles. The van der Waals surface area contributed by atoms with Crippen LogP contribution in [0.15, 0.2) is 0 Å². The van der Waals surface area contributed by atoms with E-state index in [1.807, 2.05) is 13.8 Å². The molecule has 10 heteroatoms. The Morgan fingerprint density at radius 1 is 1.03 bits per heavy atom. The van der Waals surface area contributed by atoms with E-state index in [2.05, 4.69) is 21.3 Å². The number of hydrogen-bond acceptors (Lipinski definition) is 5. The Morgan fingerprint density at radius 2 is 1.70 bits per heavy atom. The summed E-state index contributed by atoms with van der Waals surface area (Å²) in [5, 5.41) is 30.7. The van der Waals surface area contributed by atoms with Gasteiger partial charge in [0.1, 0.15) is 6.04 Å². The van der Waals surface area contributed by atoms with Gasteiger partial charge in [0, 0.05) is 17.5 Å². The van der Waals surface area contributed by atoms with Crippen LogP contribution in [-0.4, -0.2) is 63.8 Å².